The van der Waals surface area contributed by atoms with Crippen molar-refractivity contribution in [2.75, 3.05) is 5.32 Å². The molecule has 0 saturated carbocycles. The van der Waals surface area contributed by atoms with Gasteiger partial charge in [0, 0.05) is 4.73 Å². The molecule has 0 saturated heterocycles. The van der Waals surface area contributed by atoms with Crippen molar-refractivity contribution in [3.8, 4) is 0 Å². The lowest BCUT2D eigenvalue weighted by molar-refractivity contribution is -0.904. The summed E-state index contributed by atoms with van der Waals surface area (Å²) in [6.45, 7) is 1.74. The van der Waals surface area contributed by atoms with Gasteiger partial charge in [-0.3, -0.25) is 15.3 Å². The maximum absolute atomic E-state index is 13.7. The predicted molar refractivity (Wildman–Crippen MR) is 64.9 cm³/mol. The van der Waals surface area contributed by atoms with Crippen LogP contribution in [0.5, 0.6) is 0 Å². The highest BCUT2D eigenvalue weighted by Gasteiger charge is 2.19. The van der Waals surface area contributed by atoms with E-state index in [1.54, 1.807) is 13.0 Å². The first kappa shape index (κ1) is 12.7. The summed E-state index contributed by atoms with van der Waals surface area (Å²) in [5, 5.41) is 22.7. The molecule has 2 rings (SSSR count). The van der Waals surface area contributed by atoms with Crippen LogP contribution in [0.25, 0.3) is 0 Å². The molecule has 0 aliphatic heterocycles. The van der Waals surface area contributed by atoms with E-state index >= 15 is 0 Å². The van der Waals surface area contributed by atoms with Crippen LogP contribution in [0.4, 0.5) is 21.5 Å². The van der Waals surface area contributed by atoms with Gasteiger partial charge in [-0.05, 0) is 24.6 Å². The van der Waals surface area contributed by atoms with Gasteiger partial charge in [-0.15, -0.1) is 0 Å². The highest BCUT2D eigenvalue weighted by Crippen LogP contribution is 2.27. The van der Waals surface area contributed by atoms with Gasteiger partial charge in [-0.25, -0.2) is 4.39 Å². The summed E-state index contributed by atoms with van der Waals surface area (Å²) >= 11 is 0. The van der Waals surface area contributed by atoms with Crippen LogP contribution in [0.15, 0.2) is 36.7 Å². The van der Waals surface area contributed by atoms with Crippen LogP contribution in [-0.2, 0) is 0 Å². The van der Waals surface area contributed by atoms with Gasteiger partial charge >= 0.3 is 5.69 Å². The SMILES string of the molecule is Cc1ccc(Nc2c[n+](O)ccc2[N+](=O)[O-])c(F)c1. The second-order valence-corrected chi connectivity index (χ2v) is 3.99. The van der Waals surface area contributed by atoms with Crippen molar-refractivity contribution in [3.05, 3.63) is 58.2 Å². The van der Waals surface area contributed by atoms with Crippen LogP contribution in [0.3, 0.4) is 0 Å². The maximum atomic E-state index is 13.7. The average Bonchev–Trinajstić information content (AvgIpc) is 2.32. The number of nitrogens with zero attached hydrogens (tertiary/aromatic N) is 2. The van der Waals surface area contributed by atoms with Gasteiger partial charge < -0.3 is 5.32 Å². The molecule has 6 nitrogen and oxygen atoms in total. The van der Waals surface area contributed by atoms with Gasteiger partial charge in [-0.1, -0.05) is 6.07 Å². The largest absolute Gasteiger partial charge is 0.342 e. The zero-order chi connectivity index (χ0) is 14.0. The first-order chi connectivity index (χ1) is 8.97. The van der Waals surface area contributed by atoms with Gasteiger partial charge in [0.05, 0.1) is 16.7 Å². The molecule has 0 unspecified atom stereocenters. The number of anilines is 2. The van der Waals surface area contributed by atoms with E-state index in [0.29, 0.717) is 4.73 Å². The summed E-state index contributed by atoms with van der Waals surface area (Å²) in [7, 11) is 0. The Morgan fingerprint density at radius 1 is 1.37 bits per heavy atom. The standard InChI is InChI=1S/C12H11FN3O3/c1-8-2-3-10(9(13)6-8)14-11-7-15(17)5-4-12(11)16(18)19/h2-7,14,17H,1H3/q+1. The third-order valence-corrected chi connectivity index (χ3v) is 2.51. The summed E-state index contributed by atoms with van der Waals surface area (Å²) in [5.74, 6) is -0.525. The average molecular weight is 264 g/mol. The Kier molecular flexibility index (Phi) is 3.28. The number of pyridine rings is 1. The van der Waals surface area contributed by atoms with Crippen LogP contribution < -0.4 is 10.0 Å². The minimum absolute atomic E-state index is 0.00208. The predicted octanol–water partition coefficient (Wildman–Crippen LogP) is 2.31. The maximum Gasteiger partial charge on any atom is 0.305 e. The number of nitro groups is 1. The Balaban J connectivity index is 2.42. The van der Waals surface area contributed by atoms with Crippen molar-refractivity contribution in [2.45, 2.75) is 6.92 Å². The number of halogens is 1. The Hall–Kier alpha value is -2.70. The molecule has 1 heterocycles. The lowest BCUT2D eigenvalue weighted by Gasteiger charge is -2.06. The molecule has 0 amide bonds. The highest BCUT2D eigenvalue weighted by molar-refractivity contribution is 5.67. The smallest absolute Gasteiger partial charge is 0.305 e. The van der Waals surface area contributed by atoms with E-state index in [2.05, 4.69) is 5.32 Å². The minimum atomic E-state index is -0.617. The molecule has 1 aromatic heterocycles. The van der Waals surface area contributed by atoms with Crippen molar-refractivity contribution in [2.24, 2.45) is 0 Å². The van der Waals surface area contributed by atoms with Crippen LogP contribution in [0.1, 0.15) is 5.56 Å². The van der Waals surface area contributed by atoms with Gasteiger partial charge in [0.2, 0.25) is 6.20 Å². The monoisotopic (exact) mass is 264 g/mol. The van der Waals surface area contributed by atoms with Gasteiger partial charge in [0.15, 0.2) is 5.69 Å². The summed E-state index contributed by atoms with van der Waals surface area (Å²) in [4.78, 5) is 10.2. The van der Waals surface area contributed by atoms with Gasteiger partial charge in [-0.2, -0.15) is 0 Å². The topological polar surface area (TPSA) is 79.3 Å². The van der Waals surface area contributed by atoms with E-state index in [0.717, 1.165) is 24.0 Å². The van der Waals surface area contributed by atoms with Crippen molar-refractivity contribution >= 4 is 17.1 Å². The fourth-order valence-electron chi connectivity index (χ4n) is 1.60. The van der Waals surface area contributed by atoms with Crippen LogP contribution in [0.2, 0.25) is 0 Å². The molecular formula is C12H11FN3O3+. The fourth-order valence-corrected chi connectivity index (χ4v) is 1.60. The molecule has 0 aliphatic carbocycles. The van der Waals surface area contributed by atoms with Crippen LogP contribution in [-0.4, -0.2) is 10.1 Å². The summed E-state index contributed by atoms with van der Waals surface area (Å²) < 4.78 is 14.3. The lowest BCUT2D eigenvalue weighted by atomic mass is 10.2. The van der Waals surface area contributed by atoms with Crippen LogP contribution >= 0.6 is 0 Å². The number of hydrogen-bond donors (Lipinski definition) is 2. The Morgan fingerprint density at radius 2 is 2.11 bits per heavy atom. The second-order valence-electron chi connectivity index (χ2n) is 3.99. The van der Waals surface area contributed by atoms with Crippen molar-refractivity contribution in [1.29, 1.82) is 0 Å². The molecule has 0 spiro atoms. The van der Waals surface area contributed by atoms with Crippen molar-refractivity contribution in [3.63, 3.8) is 0 Å². The molecule has 1 aromatic carbocycles. The summed E-state index contributed by atoms with van der Waals surface area (Å²) in [6.07, 6.45) is 2.21. The first-order valence-electron chi connectivity index (χ1n) is 5.39. The van der Waals surface area contributed by atoms with Crippen LogP contribution in [0, 0.1) is 22.9 Å². The first-order valence-corrected chi connectivity index (χ1v) is 5.39. The number of aryl methyl sites for hydroxylation is 1. The molecular weight excluding hydrogens is 253 g/mol. The van der Waals surface area contributed by atoms with Gasteiger partial charge in [0.1, 0.15) is 5.82 Å². The molecule has 0 radical (unpaired) electrons. The number of rotatable bonds is 3. The zero-order valence-corrected chi connectivity index (χ0v) is 10.0. The highest BCUT2D eigenvalue weighted by atomic mass is 19.1. The third-order valence-electron chi connectivity index (χ3n) is 2.51. The number of aromatic nitrogens is 1. The second kappa shape index (κ2) is 4.89. The molecule has 2 N–H and O–H groups in total. The lowest BCUT2D eigenvalue weighted by Crippen LogP contribution is -2.29. The molecule has 0 aliphatic rings. The number of nitrogens with one attached hydrogen (secondary N) is 1. The Labute approximate surface area is 107 Å². The van der Waals surface area contributed by atoms with E-state index in [1.165, 1.54) is 12.1 Å². The van der Waals surface area contributed by atoms with Crippen molar-refractivity contribution < 1.29 is 19.3 Å². The third kappa shape index (κ3) is 2.76. The van der Waals surface area contributed by atoms with Crippen molar-refractivity contribution in [1.82, 2.24) is 0 Å². The summed E-state index contributed by atoms with van der Waals surface area (Å²) in [5.41, 5.74) is 0.575. The van der Waals surface area contributed by atoms with Gasteiger partial charge in [0.25, 0.3) is 6.20 Å². The fraction of sp³-hybridized carbons (Fsp3) is 0.0833. The quantitative estimate of drug-likeness (QED) is 0.386. The minimum Gasteiger partial charge on any atom is -0.342 e. The van der Waals surface area contributed by atoms with E-state index in [-0.39, 0.29) is 17.1 Å². The van der Waals surface area contributed by atoms with E-state index in [4.69, 9.17) is 0 Å². The Morgan fingerprint density at radius 3 is 2.74 bits per heavy atom. The van der Waals surface area contributed by atoms with E-state index in [9.17, 15) is 19.7 Å². The molecule has 0 atom stereocenters. The molecule has 0 fully saturated rings. The zero-order valence-electron chi connectivity index (χ0n) is 10.0. The molecule has 0 bridgehead atoms. The molecule has 2 aromatic rings. The number of hydrogen-bond acceptors (Lipinski definition) is 4. The number of benzene rings is 1. The molecule has 98 valence electrons. The van der Waals surface area contributed by atoms with E-state index < -0.39 is 10.7 Å². The Bertz CT molecular complexity index is 646. The summed E-state index contributed by atoms with van der Waals surface area (Å²) in [6, 6.07) is 5.58. The molecule has 7 heteroatoms. The normalized spacial score (nSPS) is 10.2. The molecule has 19 heavy (non-hydrogen) atoms. The van der Waals surface area contributed by atoms with E-state index in [1.807, 2.05) is 0 Å².